The van der Waals surface area contributed by atoms with Crippen LogP contribution in [0.4, 0.5) is 4.79 Å². The second kappa shape index (κ2) is 10.8. The van der Waals surface area contributed by atoms with Crippen LogP contribution in [0.2, 0.25) is 0 Å². The fourth-order valence-electron chi connectivity index (χ4n) is 5.42. The number of amides is 3. The van der Waals surface area contributed by atoms with Gasteiger partial charge in [-0.2, -0.15) is 0 Å². The molecule has 3 N–H and O–H groups in total. The second-order valence-electron chi connectivity index (χ2n) is 10.7. The number of carbonyl (C=O) groups excluding carboxylic acids is 3. The summed E-state index contributed by atoms with van der Waals surface area (Å²) in [6.07, 6.45) is -0.605. The first-order valence-corrected chi connectivity index (χ1v) is 14.1. The number of hydrogen-bond donors (Lipinski definition) is 3. The van der Waals surface area contributed by atoms with Gasteiger partial charge in [0.1, 0.15) is 30.2 Å². The van der Waals surface area contributed by atoms with Crippen molar-refractivity contribution in [1.82, 2.24) is 30.5 Å². The SMILES string of the molecule is CC1(C)S[C@@H]2[C@H](NC(=O)[C@H](NC(=O)OCc3cnnn3Cc3ccccc3)c3ccccc3)C(=O)N2[C@H]1C1OC1O. The molecule has 3 saturated heterocycles. The van der Waals surface area contributed by atoms with Gasteiger partial charge < -0.3 is 30.1 Å². The van der Waals surface area contributed by atoms with Gasteiger partial charge in [-0.1, -0.05) is 65.9 Å². The van der Waals surface area contributed by atoms with Crippen molar-refractivity contribution in [3.05, 3.63) is 83.7 Å². The van der Waals surface area contributed by atoms with Crippen LogP contribution in [-0.4, -0.2) is 77.5 Å². The average Bonchev–Trinajstić information content (AvgIpc) is 3.40. The summed E-state index contributed by atoms with van der Waals surface area (Å²) < 4.78 is 12.0. The molecule has 0 radical (unpaired) electrons. The van der Waals surface area contributed by atoms with E-state index in [1.165, 1.54) is 6.20 Å². The number of carbonyl (C=O) groups is 3. The number of benzene rings is 2. The quantitative estimate of drug-likeness (QED) is 0.254. The molecule has 3 aromatic rings. The van der Waals surface area contributed by atoms with Crippen LogP contribution in [0.15, 0.2) is 66.9 Å². The summed E-state index contributed by atoms with van der Waals surface area (Å²) in [5, 5.41) is 23.0. The van der Waals surface area contributed by atoms with E-state index in [0.717, 1.165) is 5.56 Å². The first-order chi connectivity index (χ1) is 19.7. The molecule has 3 fully saturated rings. The number of epoxide rings is 1. The number of β-lactam (4-membered cyclic amide) rings is 1. The molecule has 4 heterocycles. The molecule has 1 aromatic heterocycles. The number of hydrogen-bond acceptors (Lipinski definition) is 9. The molecule has 3 aliphatic heterocycles. The number of ether oxygens (including phenoxy) is 2. The first-order valence-electron chi connectivity index (χ1n) is 13.3. The van der Waals surface area contributed by atoms with Gasteiger partial charge in [-0.05, 0) is 25.0 Å². The van der Waals surface area contributed by atoms with Crippen molar-refractivity contribution in [1.29, 1.82) is 0 Å². The van der Waals surface area contributed by atoms with Crippen LogP contribution < -0.4 is 10.6 Å². The van der Waals surface area contributed by atoms with E-state index < -0.39 is 36.5 Å². The van der Waals surface area contributed by atoms with E-state index in [1.54, 1.807) is 51.7 Å². The second-order valence-corrected chi connectivity index (χ2v) is 12.5. The van der Waals surface area contributed by atoms with Gasteiger partial charge in [0.2, 0.25) is 11.8 Å². The summed E-state index contributed by atoms with van der Waals surface area (Å²) in [5.74, 6) is -0.783. The van der Waals surface area contributed by atoms with Crippen molar-refractivity contribution in [2.45, 2.75) is 67.6 Å². The number of thioether (sulfide) groups is 1. The molecular weight excluding hydrogens is 548 g/mol. The maximum atomic E-state index is 13.5. The minimum absolute atomic E-state index is 0.102. The standard InChI is InChI=1S/C28H30N6O6S/c1-28(2)22(21-26(37)40-21)34-24(36)20(25(34)41-28)30-23(35)19(17-11-7-4-8-12-17)31-27(38)39-15-18-13-29-32-33(18)14-16-9-5-3-6-10-16/h3-13,19-22,25-26,37H,14-15H2,1-2H3,(H,30,35)(H,31,38)/t19-,20-,21?,22+,25-,26?/m1/s1. The molecule has 3 amide bonds. The van der Waals surface area contributed by atoms with E-state index in [9.17, 15) is 19.5 Å². The maximum absolute atomic E-state index is 13.5. The zero-order valence-corrected chi connectivity index (χ0v) is 23.2. The van der Waals surface area contributed by atoms with Crippen molar-refractivity contribution in [3.8, 4) is 0 Å². The van der Waals surface area contributed by atoms with Crippen molar-refractivity contribution in [2.75, 3.05) is 0 Å². The van der Waals surface area contributed by atoms with Gasteiger partial charge in [0.05, 0.1) is 24.5 Å². The largest absolute Gasteiger partial charge is 0.443 e. The monoisotopic (exact) mass is 578 g/mol. The van der Waals surface area contributed by atoms with Crippen LogP contribution in [0.1, 0.15) is 36.7 Å². The van der Waals surface area contributed by atoms with E-state index in [0.29, 0.717) is 17.8 Å². The molecule has 2 aromatic carbocycles. The summed E-state index contributed by atoms with van der Waals surface area (Å²) in [6.45, 7) is 4.35. The first kappa shape index (κ1) is 27.2. The van der Waals surface area contributed by atoms with Crippen LogP contribution in [0.3, 0.4) is 0 Å². The molecule has 6 rings (SSSR count). The summed E-state index contributed by atoms with van der Waals surface area (Å²) >= 11 is 1.55. The Morgan fingerprint density at radius 2 is 1.83 bits per heavy atom. The Balaban J connectivity index is 1.10. The number of aromatic nitrogens is 3. The normalized spacial score (nSPS) is 26.5. The Hall–Kier alpha value is -3.94. The number of fused-ring (bicyclic) bond motifs is 1. The fourth-order valence-corrected chi connectivity index (χ4v) is 7.10. The van der Waals surface area contributed by atoms with Gasteiger partial charge in [0.15, 0.2) is 6.29 Å². The minimum atomic E-state index is -1.10. The van der Waals surface area contributed by atoms with Gasteiger partial charge in [0.25, 0.3) is 0 Å². The Morgan fingerprint density at radius 1 is 1.15 bits per heavy atom. The van der Waals surface area contributed by atoms with Crippen LogP contribution >= 0.6 is 11.8 Å². The molecule has 0 aliphatic carbocycles. The molecule has 41 heavy (non-hydrogen) atoms. The zero-order chi connectivity index (χ0) is 28.7. The molecule has 0 spiro atoms. The molecule has 13 heteroatoms. The highest BCUT2D eigenvalue weighted by Crippen LogP contribution is 2.54. The van der Waals surface area contributed by atoms with Crippen LogP contribution in [0, 0.1) is 0 Å². The number of rotatable bonds is 9. The van der Waals surface area contributed by atoms with Gasteiger partial charge in [-0.3, -0.25) is 9.59 Å². The summed E-state index contributed by atoms with van der Waals surface area (Å²) in [4.78, 5) is 41.2. The number of aliphatic hydroxyl groups excluding tert-OH is 1. The zero-order valence-electron chi connectivity index (χ0n) is 22.4. The Labute approximate surface area is 240 Å². The van der Waals surface area contributed by atoms with Crippen LogP contribution in [0.5, 0.6) is 0 Å². The molecule has 0 bridgehead atoms. The lowest BCUT2D eigenvalue weighted by Gasteiger charge is -2.45. The summed E-state index contributed by atoms with van der Waals surface area (Å²) in [7, 11) is 0. The van der Waals surface area contributed by atoms with Gasteiger partial charge in [-0.25, -0.2) is 9.48 Å². The van der Waals surface area contributed by atoms with Crippen molar-refractivity contribution in [2.24, 2.45) is 0 Å². The molecular formula is C28H30N6O6S. The van der Waals surface area contributed by atoms with Gasteiger partial charge in [-0.15, -0.1) is 16.9 Å². The van der Waals surface area contributed by atoms with E-state index in [-0.39, 0.29) is 28.7 Å². The topological polar surface area (TPSA) is 151 Å². The predicted octanol–water partition coefficient (Wildman–Crippen LogP) is 1.56. The van der Waals surface area contributed by atoms with E-state index in [1.807, 2.05) is 44.2 Å². The number of nitrogens with zero attached hydrogens (tertiary/aromatic N) is 4. The maximum Gasteiger partial charge on any atom is 0.408 e. The lowest BCUT2D eigenvalue weighted by atomic mass is 9.93. The minimum Gasteiger partial charge on any atom is -0.443 e. The number of nitrogens with one attached hydrogen (secondary N) is 2. The van der Waals surface area contributed by atoms with Crippen LogP contribution in [-0.2, 0) is 32.2 Å². The van der Waals surface area contributed by atoms with E-state index >= 15 is 0 Å². The highest BCUT2D eigenvalue weighted by molar-refractivity contribution is 8.01. The summed E-state index contributed by atoms with van der Waals surface area (Å²) in [5.41, 5.74) is 2.14. The molecule has 3 aliphatic rings. The van der Waals surface area contributed by atoms with E-state index in [2.05, 4.69) is 20.9 Å². The lowest BCUT2D eigenvalue weighted by Crippen LogP contribution is -2.71. The summed E-state index contributed by atoms with van der Waals surface area (Å²) in [6, 6.07) is 16.3. The number of alkyl carbamates (subject to hydrolysis) is 1. The third kappa shape index (κ3) is 5.39. The molecule has 12 nitrogen and oxygen atoms in total. The van der Waals surface area contributed by atoms with Crippen molar-refractivity contribution >= 4 is 29.7 Å². The fraction of sp³-hybridized carbons (Fsp3) is 0.393. The molecule has 0 saturated carbocycles. The predicted molar refractivity (Wildman–Crippen MR) is 147 cm³/mol. The Morgan fingerprint density at radius 3 is 2.51 bits per heavy atom. The Kier molecular flexibility index (Phi) is 7.18. The highest BCUT2D eigenvalue weighted by atomic mass is 32.2. The highest BCUT2D eigenvalue weighted by Gasteiger charge is 2.67. The van der Waals surface area contributed by atoms with Crippen molar-refractivity contribution < 1.29 is 29.0 Å². The van der Waals surface area contributed by atoms with Crippen LogP contribution in [0.25, 0.3) is 0 Å². The molecule has 2 unspecified atom stereocenters. The smallest absolute Gasteiger partial charge is 0.408 e. The van der Waals surface area contributed by atoms with Gasteiger partial charge in [0, 0.05) is 4.75 Å². The van der Waals surface area contributed by atoms with E-state index in [4.69, 9.17) is 9.47 Å². The third-order valence-electron chi connectivity index (χ3n) is 7.51. The van der Waals surface area contributed by atoms with Crippen molar-refractivity contribution in [3.63, 3.8) is 0 Å². The number of aliphatic hydroxyl groups is 1. The molecule has 214 valence electrons. The molecule has 6 atom stereocenters. The average molecular weight is 579 g/mol. The third-order valence-corrected chi connectivity index (χ3v) is 9.10. The lowest BCUT2D eigenvalue weighted by molar-refractivity contribution is -0.152. The Bertz CT molecular complexity index is 1440. The van der Waals surface area contributed by atoms with Gasteiger partial charge >= 0.3 is 6.09 Å².